The fourth-order valence-electron chi connectivity index (χ4n) is 8.66. The topological polar surface area (TPSA) is 112 Å². The molecule has 13 heteroatoms. The summed E-state index contributed by atoms with van der Waals surface area (Å²) in [5.41, 5.74) is 2.92. The largest absolute Gasteiger partial charge is 0.465 e. The molecule has 1 fully saturated rings. The molecule has 0 radical (unpaired) electrons. The van der Waals surface area contributed by atoms with Gasteiger partial charge in [-0.3, -0.25) is 4.79 Å². The summed E-state index contributed by atoms with van der Waals surface area (Å²) in [5, 5.41) is 11.1. The van der Waals surface area contributed by atoms with Gasteiger partial charge in [0.1, 0.15) is 6.04 Å². The van der Waals surface area contributed by atoms with Gasteiger partial charge in [-0.15, -0.1) is 0 Å². The number of carbonyl (C=O) groups is 2. The van der Waals surface area contributed by atoms with E-state index in [1.165, 1.54) is 21.9 Å². The van der Waals surface area contributed by atoms with Gasteiger partial charge >= 0.3 is 6.09 Å². The molecule has 3 heterocycles. The minimum Gasteiger partial charge on any atom is -0.465 e. The molecule has 0 aliphatic carbocycles. The highest BCUT2D eigenvalue weighted by Gasteiger charge is 2.46. The summed E-state index contributed by atoms with van der Waals surface area (Å²) in [7, 11) is -6.41. The number of amides is 2. The molecule has 1 aromatic heterocycles. The average Bonchev–Trinajstić information content (AvgIpc) is 3.51. The minimum atomic E-state index is -4.14. The van der Waals surface area contributed by atoms with Crippen LogP contribution in [0.15, 0.2) is 41.4 Å². The Bertz CT molecular complexity index is 1820. The third-order valence-electron chi connectivity index (χ3n) is 10.6. The number of nitrogens with zero attached hydrogens (tertiary/aromatic N) is 3. The Morgan fingerprint density at radius 2 is 1.69 bits per heavy atom. The SMILES string of the molecule is CC(C)CC1c2ccc(N3CC[C@H](NS(=O)(=O)c4ccc5c(Cl)cn([Si](C(C)C)(C(C)C)C(C)C)c5c4)C3=O)c(F)c2CCN1C(=O)O. The van der Waals surface area contributed by atoms with Crippen molar-refractivity contribution < 1.29 is 27.5 Å². The molecular weight excluding hydrogens is 671 g/mol. The van der Waals surface area contributed by atoms with Crippen molar-refractivity contribution in [2.75, 3.05) is 18.0 Å². The number of aromatic nitrogens is 1. The van der Waals surface area contributed by atoms with E-state index in [1.807, 2.05) is 20.0 Å². The summed E-state index contributed by atoms with van der Waals surface area (Å²) < 4.78 is 48.6. The van der Waals surface area contributed by atoms with E-state index >= 15 is 4.39 Å². The molecule has 2 aliphatic rings. The third kappa shape index (κ3) is 6.07. The van der Waals surface area contributed by atoms with E-state index in [0.29, 0.717) is 39.2 Å². The number of halogens is 2. The van der Waals surface area contributed by atoms with Gasteiger partial charge in [-0.05, 0) is 71.1 Å². The monoisotopic (exact) mass is 718 g/mol. The average molecular weight is 719 g/mol. The molecule has 5 rings (SSSR count). The van der Waals surface area contributed by atoms with Crippen LogP contribution < -0.4 is 9.62 Å². The second kappa shape index (κ2) is 13.4. The molecule has 2 aromatic carbocycles. The lowest BCUT2D eigenvalue weighted by Gasteiger charge is -2.44. The van der Waals surface area contributed by atoms with Gasteiger partial charge < -0.3 is 19.1 Å². The zero-order valence-corrected chi connectivity index (χ0v) is 31.6. The van der Waals surface area contributed by atoms with Crippen LogP contribution in [0.25, 0.3) is 10.9 Å². The van der Waals surface area contributed by atoms with Crippen molar-refractivity contribution in [3.05, 3.63) is 58.5 Å². The maximum Gasteiger partial charge on any atom is 0.407 e. The van der Waals surface area contributed by atoms with E-state index in [0.717, 1.165) is 10.9 Å². The number of carbonyl (C=O) groups excluding carboxylic acids is 1. The number of rotatable bonds is 10. The summed E-state index contributed by atoms with van der Waals surface area (Å²) >= 11 is 6.73. The van der Waals surface area contributed by atoms with Gasteiger partial charge in [-0.25, -0.2) is 17.6 Å². The van der Waals surface area contributed by atoms with Gasteiger partial charge in [0.2, 0.25) is 15.9 Å². The first-order chi connectivity index (χ1) is 22.4. The van der Waals surface area contributed by atoms with E-state index in [1.54, 1.807) is 18.2 Å². The molecule has 262 valence electrons. The molecule has 0 saturated carbocycles. The molecular formula is C35H48ClFN4O5SSi. The zero-order valence-electron chi connectivity index (χ0n) is 29.0. The van der Waals surface area contributed by atoms with E-state index in [4.69, 9.17) is 11.6 Å². The Hall–Kier alpha value is -2.93. The Kier molecular flexibility index (Phi) is 10.2. The molecule has 3 aromatic rings. The lowest BCUT2D eigenvalue weighted by Crippen LogP contribution is -2.51. The predicted octanol–water partition coefficient (Wildman–Crippen LogP) is 8.16. The highest BCUT2D eigenvalue weighted by Crippen LogP contribution is 2.46. The van der Waals surface area contributed by atoms with Gasteiger partial charge in [-0.1, -0.05) is 79.1 Å². The number of anilines is 1. The number of hydrogen-bond donors (Lipinski definition) is 2. The van der Waals surface area contributed by atoms with Crippen LogP contribution in [-0.4, -0.2) is 62.0 Å². The van der Waals surface area contributed by atoms with Crippen LogP contribution in [0, 0.1) is 11.7 Å². The van der Waals surface area contributed by atoms with Crippen molar-refractivity contribution in [1.29, 1.82) is 0 Å². The molecule has 1 saturated heterocycles. The highest BCUT2D eigenvalue weighted by atomic mass is 35.5. The molecule has 2 N–H and O–H groups in total. The first-order valence-electron chi connectivity index (χ1n) is 16.9. The Balaban J connectivity index is 1.44. The quantitative estimate of drug-likeness (QED) is 0.206. The lowest BCUT2D eigenvalue weighted by molar-refractivity contribution is -0.118. The van der Waals surface area contributed by atoms with Gasteiger partial charge in [-0.2, -0.15) is 4.72 Å². The van der Waals surface area contributed by atoms with Gasteiger partial charge in [0.05, 0.1) is 21.6 Å². The van der Waals surface area contributed by atoms with Crippen molar-refractivity contribution >= 4 is 58.5 Å². The van der Waals surface area contributed by atoms with Crippen LogP contribution in [-0.2, 0) is 21.2 Å². The Morgan fingerprint density at radius 3 is 2.27 bits per heavy atom. The number of hydrogen-bond acceptors (Lipinski definition) is 4. The maximum atomic E-state index is 16.1. The number of carboxylic acid groups (broad SMARTS) is 1. The zero-order chi connectivity index (χ0) is 35.5. The van der Waals surface area contributed by atoms with Crippen molar-refractivity contribution in [2.45, 2.75) is 108 Å². The van der Waals surface area contributed by atoms with E-state index in [2.05, 4.69) is 50.5 Å². The minimum absolute atomic E-state index is 0.0376. The molecule has 2 atom stereocenters. The molecule has 0 bridgehead atoms. The van der Waals surface area contributed by atoms with Crippen LogP contribution in [0.2, 0.25) is 21.6 Å². The summed E-state index contributed by atoms with van der Waals surface area (Å²) in [4.78, 5) is 28.3. The number of fused-ring (bicyclic) bond motifs is 2. The van der Waals surface area contributed by atoms with Crippen LogP contribution in [0.5, 0.6) is 0 Å². The standard InChI is InChI=1S/C35H48ClFN4O5SSi/c1-20(2)17-31-25-11-12-30(33(37)26(25)13-15-40(31)35(43)44)39-16-14-29(34(39)42)38-47(45,46)24-9-10-27-28(36)19-41(32(27)18-24)48(21(3)4,22(5)6)23(7)8/h9-12,18-23,29,31,38H,13-17H2,1-8H3,(H,43,44)/t29-,31?/m0/s1. The van der Waals surface area contributed by atoms with Crippen molar-refractivity contribution in [2.24, 2.45) is 5.92 Å². The third-order valence-corrected chi connectivity index (χ3v) is 19.1. The first-order valence-corrected chi connectivity index (χ1v) is 20.9. The maximum absolute atomic E-state index is 16.1. The molecule has 0 spiro atoms. The van der Waals surface area contributed by atoms with Crippen molar-refractivity contribution in [3.63, 3.8) is 0 Å². The van der Waals surface area contributed by atoms with Crippen LogP contribution >= 0.6 is 11.6 Å². The fourth-order valence-corrected chi connectivity index (χ4v) is 16.9. The normalized spacial score (nSPS) is 19.1. The molecule has 9 nitrogen and oxygen atoms in total. The number of sulfonamides is 1. The Morgan fingerprint density at radius 1 is 1.04 bits per heavy atom. The summed E-state index contributed by atoms with van der Waals surface area (Å²) in [6, 6.07) is 6.58. The highest BCUT2D eigenvalue weighted by molar-refractivity contribution is 7.89. The van der Waals surface area contributed by atoms with E-state index in [-0.39, 0.29) is 42.4 Å². The second-order valence-corrected chi connectivity index (χ2v) is 22.5. The van der Waals surface area contributed by atoms with Gasteiger partial charge in [0, 0.05) is 30.2 Å². The van der Waals surface area contributed by atoms with Crippen LogP contribution in [0.1, 0.15) is 85.4 Å². The fraction of sp³-hybridized carbons (Fsp3) is 0.543. The number of nitrogens with one attached hydrogen (secondary N) is 1. The van der Waals surface area contributed by atoms with Gasteiger partial charge in [0.25, 0.3) is 0 Å². The predicted molar refractivity (Wildman–Crippen MR) is 192 cm³/mol. The first kappa shape index (κ1) is 36.4. The summed E-state index contributed by atoms with van der Waals surface area (Å²) in [6.45, 7) is 17.6. The van der Waals surface area contributed by atoms with Crippen molar-refractivity contribution in [1.82, 2.24) is 13.9 Å². The lowest BCUT2D eigenvalue weighted by atomic mass is 9.87. The van der Waals surface area contributed by atoms with E-state index in [9.17, 15) is 23.1 Å². The summed E-state index contributed by atoms with van der Waals surface area (Å²) in [6.07, 6.45) is 1.82. The van der Waals surface area contributed by atoms with Crippen LogP contribution in [0.3, 0.4) is 0 Å². The van der Waals surface area contributed by atoms with Gasteiger partial charge in [0.15, 0.2) is 14.1 Å². The summed E-state index contributed by atoms with van der Waals surface area (Å²) in [5.74, 6) is -0.900. The molecule has 2 aliphatic heterocycles. The van der Waals surface area contributed by atoms with E-state index < -0.39 is 48.2 Å². The Labute approximate surface area is 289 Å². The van der Waals surface area contributed by atoms with Crippen LogP contribution in [0.4, 0.5) is 14.9 Å². The molecule has 2 amide bonds. The molecule has 48 heavy (non-hydrogen) atoms. The molecule has 1 unspecified atom stereocenters. The smallest absolute Gasteiger partial charge is 0.407 e. The van der Waals surface area contributed by atoms with Crippen molar-refractivity contribution in [3.8, 4) is 0 Å². The number of benzene rings is 2. The second-order valence-electron chi connectivity index (χ2n) is 14.7.